The number of aliphatic carboxylic acids is 1. The minimum Gasteiger partial charge on any atom is -0.479 e. The summed E-state index contributed by atoms with van der Waals surface area (Å²) in [5.74, 6) is -1.61. The van der Waals surface area contributed by atoms with Crippen LogP contribution in [0.1, 0.15) is 12.0 Å². The lowest BCUT2D eigenvalue weighted by atomic mass is 9.96. The highest BCUT2D eigenvalue weighted by Gasteiger charge is 2.56. The predicted molar refractivity (Wildman–Crippen MR) is 70.5 cm³/mol. The van der Waals surface area contributed by atoms with Gasteiger partial charge in [0.25, 0.3) is 0 Å². The second kappa shape index (κ2) is 6.45. The van der Waals surface area contributed by atoms with Crippen molar-refractivity contribution in [3.8, 4) is 0 Å². The molecule has 1 aliphatic heterocycles. The first-order valence-electron chi connectivity index (χ1n) is 6.63. The number of rotatable bonds is 4. The Morgan fingerprint density at radius 2 is 2.00 bits per heavy atom. The molecule has 1 fully saturated rings. The monoisotopic (exact) mass is 333 g/mol. The standard InChI is InChI=1S/C14H14F3NO5/c15-14(16,17)10-6-13(8-23-10,11(19)20)18-12(21)22-7-9-4-2-1-3-5-9/h1-5,10H,6-8H2,(H,18,21)(H,19,20)/t10-,13-/m1/s1. The molecule has 1 aromatic carbocycles. The van der Waals surface area contributed by atoms with Crippen molar-refractivity contribution in [1.82, 2.24) is 5.32 Å². The number of carbonyl (C=O) groups excluding carboxylic acids is 1. The van der Waals surface area contributed by atoms with Crippen molar-refractivity contribution in [3.63, 3.8) is 0 Å². The molecule has 1 aliphatic rings. The van der Waals surface area contributed by atoms with Gasteiger partial charge in [0, 0.05) is 6.42 Å². The fourth-order valence-corrected chi connectivity index (χ4v) is 2.13. The van der Waals surface area contributed by atoms with Crippen LogP contribution in [0.5, 0.6) is 0 Å². The molecule has 1 saturated heterocycles. The predicted octanol–water partition coefficient (Wildman–Crippen LogP) is 2.09. The Labute approximate surface area is 129 Å². The van der Waals surface area contributed by atoms with Crippen LogP contribution in [0, 0.1) is 0 Å². The van der Waals surface area contributed by atoms with E-state index >= 15 is 0 Å². The molecule has 0 saturated carbocycles. The maximum atomic E-state index is 12.6. The zero-order valence-corrected chi connectivity index (χ0v) is 11.8. The Kier molecular flexibility index (Phi) is 4.79. The Morgan fingerprint density at radius 3 is 2.52 bits per heavy atom. The van der Waals surface area contributed by atoms with Gasteiger partial charge in [-0.1, -0.05) is 30.3 Å². The number of amides is 1. The normalized spacial score (nSPS) is 24.2. The quantitative estimate of drug-likeness (QED) is 0.881. The van der Waals surface area contributed by atoms with Crippen molar-refractivity contribution in [1.29, 1.82) is 0 Å². The molecular weight excluding hydrogens is 319 g/mol. The largest absolute Gasteiger partial charge is 0.479 e. The van der Waals surface area contributed by atoms with Crippen LogP contribution in [0.25, 0.3) is 0 Å². The van der Waals surface area contributed by atoms with Gasteiger partial charge in [-0.25, -0.2) is 9.59 Å². The number of benzene rings is 1. The molecule has 0 radical (unpaired) electrons. The molecule has 0 unspecified atom stereocenters. The van der Waals surface area contributed by atoms with Crippen LogP contribution in [0.3, 0.4) is 0 Å². The zero-order valence-electron chi connectivity index (χ0n) is 11.8. The third-order valence-electron chi connectivity index (χ3n) is 3.39. The molecule has 0 bridgehead atoms. The summed E-state index contributed by atoms with van der Waals surface area (Å²) in [5, 5.41) is 11.1. The first kappa shape index (κ1) is 17.1. The third-order valence-corrected chi connectivity index (χ3v) is 3.39. The lowest BCUT2D eigenvalue weighted by molar-refractivity contribution is -0.206. The van der Waals surface area contributed by atoms with Crippen LogP contribution < -0.4 is 5.32 Å². The summed E-state index contributed by atoms with van der Waals surface area (Å²) in [4.78, 5) is 23.0. The Morgan fingerprint density at radius 1 is 1.35 bits per heavy atom. The molecule has 23 heavy (non-hydrogen) atoms. The molecule has 1 amide bonds. The molecule has 9 heteroatoms. The number of carboxylic acid groups (broad SMARTS) is 1. The average molecular weight is 333 g/mol. The fourth-order valence-electron chi connectivity index (χ4n) is 2.13. The smallest absolute Gasteiger partial charge is 0.414 e. The van der Waals surface area contributed by atoms with Gasteiger partial charge in [0.15, 0.2) is 11.6 Å². The van der Waals surface area contributed by atoms with E-state index in [1.54, 1.807) is 30.3 Å². The Bertz CT molecular complexity index is 578. The first-order chi connectivity index (χ1) is 10.7. The SMILES string of the molecule is O=C(N[C@@]1(C(=O)O)CO[C@@H](C(F)(F)F)C1)OCc1ccccc1. The topological polar surface area (TPSA) is 84.9 Å². The van der Waals surface area contributed by atoms with Gasteiger partial charge < -0.3 is 19.9 Å². The van der Waals surface area contributed by atoms with Gasteiger partial charge in [0.1, 0.15) is 6.61 Å². The number of carboxylic acids is 1. The molecule has 0 aliphatic carbocycles. The van der Waals surface area contributed by atoms with Gasteiger partial charge in [-0.2, -0.15) is 13.2 Å². The van der Waals surface area contributed by atoms with Gasteiger partial charge in [0.2, 0.25) is 0 Å². The van der Waals surface area contributed by atoms with Gasteiger partial charge in [0.05, 0.1) is 6.61 Å². The average Bonchev–Trinajstić information content (AvgIpc) is 2.92. The van der Waals surface area contributed by atoms with E-state index in [4.69, 9.17) is 9.84 Å². The van der Waals surface area contributed by atoms with Gasteiger partial charge in [-0.05, 0) is 5.56 Å². The second-order valence-corrected chi connectivity index (χ2v) is 5.12. The van der Waals surface area contributed by atoms with Crippen molar-refractivity contribution in [2.24, 2.45) is 0 Å². The highest BCUT2D eigenvalue weighted by Crippen LogP contribution is 2.35. The molecule has 0 spiro atoms. The number of alkyl carbamates (subject to hydrolysis) is 1. The lowest BCUT2D eigenvalue weighted by Crippen LogP contribution is -2.55. The van der Waals surface area contributed by atoms with Crippen molar-refractivity contribution in [3.05, 3.63) is 35.9 Å². The lowest BCUT2D eigenvalue weighted by Gasteiger charge is -2.23. The first-order valence-corrected chi connectivity index (χ1v) is 6.63. The number of ether oxygens (including phenoxy) is 2. The number of carbonyl (C=O) groups is 2. The van der Waals surface area contributed by atoms with Crippen LogP contribution in [-0.4, -0.2) is 41.6 Å². The second-order valence-electron chi connectivity index (χ2n) is 5.12. The minimum atomic E-state index is -4.70. The third kappa shape index (κ3) is 4.13. The van der Waals surface area contributed by atoms with E-state index in [-0.39, 0.29) is 6.61 Å². The number of nitrogens with one attached hydrogen (secondary N) is 1. The molecule has 2 N–H and O–H groups in total. The maximum absolute atomic E-state index is 12.6. The van der Waals surface area contributed by atoms with Crippen LogP contribution in [0.2, 0.25) is 0 Å². The number of hydrogen-bond donors (Lipinski definition) is 2. The van der Waals surface area contributed by atoms with Crippen LogP contribution in [0.15, 0.2) is 30.3 Å². The van der Waals surface area contributed by atoms with Crippen molar-refractivity contribution in [2.45, 2.75) is 30.8 Å². The Hall–Kier alpha value is -2.29. The summed E-state index contributed by atoms with van der Waals surface area (Å²) in [5.41, 5.74) is -1.50. The zero-order chi connectivity index (χ0) is 17.1. The van der Waals surface area contributed by atoms with E-state index in [1.807, 2.05) is 5.32 Å². The summed E-state index contributed by atoms with van der Waals surface area (Å²) < 4.78 is 47.2. The van der Waals surface area contributed by atoms with Crippen LogP contribution in [0.4, 0.5) is 18.0 Å². The van der Waals surface area contributed by atoms with Crippen LogP contribution in [-0.2, 0) is 20.9 Å². The summed E-state index contributed by atoms with van der Waals surface area (Å²) in [7, 11) is 0. The maximum Gasteiger partial charge on any atom is 0.414 e. The molecule has 1 heterocycles. The summed E-state index contributed by atoms with van der Waals surface area (Å²) >= 11 is 0. The van der Waals surface area contributed by atoms with Crippen LogP contribution >= 0.6 is 0 Å². The Balaban J connectivity index is 1.97. The van der Waals surface area contributed by atoms with E-state index in [0.717, 1.165) is 0 Å². The van der Waals surface area contributed by atoms with E-state index in [1.165, 1.54) is 0 Å². The molecule has 2 rings (SSSR count). The summed E-state index contributed by atoms with van der Waals surface area (Å²) in [6, 6.07) is 8.55. The summed E-state index contributed by atoms with van der Waals surface area (Å²) in [6.07, 6.45) is -8.98. The van der Waals surface area contributed by atoms with Gasteiger partial charge in [-0.15, -0.1) is 0 Å². The van der Waals surface area contributed by atoms with Gasteiger partial charge in [-0.3, -0.25) is 0 Å². The molecule has 2 atom stereocenters. The van der Waals surface area contributed by atoms with E-state index in [0.29, 0.717) is 5.56 Å². The number of hydrogen-bond acceptors (Lipinski definition) is 4. The highest BCUT2D eigenvalue weighted by molar-refractivity contribution is 5.85. The number of alkyl halides is 3. The molecule has 1 aromatic rings. The van der Waals surface area contributed by atoms with E-state index in [2.05, 4.69) is 4.74 Å². The van der Waals surface area contributed by atoms with E-state index < -0.39 is 42.9 Å². The van der Waals surface area contributed by atoms with E-state index in [9.17, 15) is 22.8 Å². The molecular formula is C14H14F3NO5. The van der Waals surface area contributed by atoms with Crippen molar-refractivity contribution >= 4 is 12.1 Å². The minimum absolute atomic E-state index is 0.133. The fraction of sp³-hybridized carbons (Fsp3) is 0.429. The molecule has 126 valence electrons. The van der Waals surface area contributed by atoms with Gasteiger partial charge >= 0.3 is 18.2 Å². The van der Waals surface area contributed by atoms with Crippen molar-refractivity contribution < 1.29 is 37.3 Å². The highest BCUT2D eigenvalue weighted by atomic mass is 19.4. The molecule has 0 aromatic heterocycles. The summed E-state index contributed by atoms with van der Waals surface area (Å²) in [6.45, 7) is -0.918. The number of halogens is 3. The van der Waals surface area contributed by atoms with Crippen molar-refractivity contribution in [2.75, 3.05) is 6.61 Å². The molecule has 6 nitrogen and oxygen atoms in total.